The molecule has 0 aliphatic heterocycles. The zero-order chi connectivity index (χ0) is 20.9. The van der Waals surface area contributed by atoms with E-state index in [1.54, 1.807) is 30.5 Å². The maximum Gasteiger partial charge on any atom is 0.405 e. The SMILES string of the molecule is N=C/C(=C\NCC(F)(F)F)CNC(=O)c1ccc(-c2nccc3[nH]ccc23)cc1. The van der Waals surface area contributed by atoms with E-state index >= 15 is 0 Å². The second kappa shape index (κ2) is 8.59. The minimum Gasteiger partial charge on any atom is -0.382 e. The Labute approximate surface area is 164 Å². The molecule has 3 aromatic rings. The number of H-pyrrole nitrogens is 1. The average molecular weight is 401 g/mol. The van der Waals surface area contributed by atoms with Crippen LogP contribution in [-0.2, 0) is 0 Å². The number of rotatable bonds is 7. The normalized spacial score (nSPS) is 12.0. The molecule has 4 N–H and O–H groups in total. The molecule has 0 spiro atoms. The van der Waals surface area contributed by atoms with Crippen LogP contribution in [0.25, 0.3) is 22.2 Å². The highest BCUT2D eigenvalue weighted by Gasteiger charge is 2.25. The van der Waals surface area contributed by atoms with Crippen LogP contribution < -0.4 is 10.6 Å². The van der Waals surface area contributed by atoms with Crippen molar-refractivity contribution in [2.24, 2.45) is 0 Å². The highest BCUT2D eigenvalue weighted by atomic mass is 19.4. The molecule has 0 bridgehead atoms. The van der Waals surface area contributed by atoms with Crippen LogP contribution in [0.1, 0.15) is 10.4 Å². The first-order valence-corrected chi connectivity index (χ1v) is 8.68. The summed E-state index contributed by atoms with van der Waals surface area (Å²) in [5.74, 6) is -0.395. The van der Waals surface area contributed by atoms with Crippen molar-refractivity contribution in [1.29, 1.82) is 5.41 Å². The first kappa shape index (κ1) is 20.1. The maximum absolute atomic E-state index is 12.3. The van der Waals surface area contributed by atoms with Crippen LogP contribution in [0.3, 0.4) is 0 Å². The minimum absolute atomic E-state index is 0.0703. The van der Waals surface area contributed by atoms with Gasteiger partial charge in [0.2, 0.25) is 0 Å². The van der Waals surface area contributed by atoms with Crippen molar-refractivity contribution in [2.45, 2.75) is 6.18 Å². The number of aromatic amines is 1. The van der Waals surface area contributed by atoms with Gasteiger partial charge in [-0.05, 0) is 24.3 Å². The summed E-state index contributed by atoms with van der Waals surface area (Å²) in [5.41, 5.74) is 3.20. The Hall–Kier alpha value is -3.62. The Kier molecular flexibility index (Phi) is 5.96. The van der Waals surface area contributed by atoms with Gasteiger partial charge in [0.25, 0.3) is 5.91 Å². The highest BCUT2D eigenvalue weighted by Crippen LogP contribution is 2.25. The van der Waals surface area contributed by atoms with Gasteiger partial charge in [0.1, 0.15) is 6.54 Å². The third kappa shape index (κ3) is 5.22. The number of fused-ring (bicyclic) bond motifs is 1. The van der Waals surface area contributed by atoms with E-state index in [2.05, 4.69) is 20.6 Å². The lowest BCUT2D eigenvalue weighted by molar-refractivity contribution is -0.122. The molecule has 9 heteroatoms. The zero-order valence-corrected chi connectivity index (χ0v) is 15.2. The third-order valence-electron chi connectivity index (χ3n) is 4.13. The van der Waals surface area contributed by atoms with Gasteiger partial charge in [0.05, 0.1) is 5.69 Å². The molecule has 29 heavy (non-hydrogen) atoms. The number of pyridine rings is 1. The summed E-state index contributed by atoms with van der Waals surface area (Å²) in [6, 6.07) is 10.7. The molecule has 0 aliphatic rings. The fraction of sp³-hybridized carbons (Fsp3) is 0.150. The summed E-state index contributed by atoms with van der Waals surface area (Å²) in [5, 5.41) is 12.9. The van der Waals surface area contributed by atoms with Gasteiger partial charge in [-0.2, -0.15) is 13.2 Å². The Morgan fingerprint density at radius 3 is 2.62 bits per heavy atom. The van der Waals surface area contributed by atoms with E-state index in [1.165, 1.54) is 0 Å². The molecule has 6 nitrogen and oxygen atoms in total. The van der Waals surface area contributed by atoms with E-state index in [4.69, 9.17) is 5.41 Å². The van der Waals surface area contributed by atoms with Crippen LogP contribution in [0, 0.1) is 5.41 Å². The number of nitrogens with zero attached hydrogens (tertiary/aromatic N) is 1. The third-order valence-corrected chi connectivity index (χ3v) is 4.13. The fourth-order valence-corrected chi connectivity index (χ4v) is 2.72. The molecule has 150 valence electrons. The second-order valence-corrected chi connectivity index (χ2v) is 6.22. The molecule has 0 unspecified atom stereocenters. The molecular formula is C20H18F3N5O. The first-order valence-electron chi connectivity index (χ1n) is 8.68. The molecule has 1 amide bonds. The second-order valence-electron chi connectivity index (χ2n) is 6.22. The molecule has 1 aromatic carbocycles. The van der Waals surface area contributed by atoms with E-state index in [0.29, 0.717) is 5.56 Å². The monoisotopic (exact) mass is 401 g/mol. The Morgan fingerprint density at radius 2 is 1.93 bits per heavy atom. The number of carbonyl (C=O) groups is 1. The quantitative estimate of drug-likeness (QED) is 0.455. The average Bonchev–Trinajstić information content (AvgIpc) is 3.18. The van der Waals surface area contributed by atoms with Crippen LogP contribution >= 0.6 is 0 Å². The minimum atomic E-state index is -4.35. The van der Waals surface area contributed by atoms with E-state index < -0.39 is 18.6 Å². The predicted octanol–water partition coefficient (Wildman–Crippen LogP) is 3.65. The highest BCUT2D eigenvalue weighted by molar-refractivity contribution is 5.97. The lowest BCUT2D eigenvalue weighted by Gasteiger charge is -2.09. The largest absolute Gasteiger partial charge is 0.405 e. The van der Waals surface area contributed by atoms with Crippen molar-refractivity contribution in [3.63, 3.8) is 0 Å². The molecule has 0 fully saturated rings. The Bertz CT molecular complexity index is 1040. The van der Waals surface area contributed by atoms with Crippen molar-refractivity contribution in [3.05, 3.63) is 66.1 Å². The van der Waals surface area contributed by atoms with E-state index in [0.717, 1.165) is 34.6 Å². The van der Waals surface area contributed by atoms with Crippen LogP contribution in [-0.4, -0.2) is 41.4 Å². The first-order chi connectivity index (χ1) is 13.9. The Balaban J connectivity index is 1.64. The van der Waals surface area contributed by atoms with Gasteiger partial charge in [-0.15, -0.1) is 0 Å². The number of hydrogen-bond acceptors (Lipinski definition) is 4. The van der Waals surface area contributed by atoms with Gasteiger partial charge in [-0.1, -0.05) is 12.1 Å². The number of benzene rings is 1. The number of alkyl halides is 3. The fourth-order valence-electron chi connectivity index (χ4n) is 2.72. The van der Waals surface area contributed by atoms with E-state index in [-0.39, 0.29) is 12.1 Å². The topological polar surface area (TPSA) is 93.7 Å². The van der Waals surface area contributed by atoms with E-state index in [9.17, 15) is 18.0 Å². The summed E-state index contributed by atoms with van der Waals surface area (Å²) < 4.78 is 36.4. The zero-order valence-electron chi connectivity index (χ0n) is 15.2. The molecule has 0 saturated carbocycles. The number of carbonyl (C=O) groups excluding carboxylic acids is 1. The van der Waals surface area contributed by atoms with Crippen LogP contribution in [0.2, 0.25) is 0 Å². The van der Waals surface area contributed by atoms with Crippen molar-refractivity contribution >= 4 is 23.0 Å². The van der Waals surface area contributed by atoms with Crippen LogP contribution in [0.15, 0.2) is 60.6 Å². The van der Waals surface area contributed by atoms with E-state index in [1.807, 2.05) is 18.3 Å². The van der Waals surface area contributed by atoms with Crippen LogP contribution in [0.4, 0.5) is 13.2 Å². The molecule has 2 heterocycles. The summed E-state index contributed by atoms with van der Waals surface area (Å²) in [7, 11) is 0. The number of nitrogens with one attached hydrogen (secondary N) is 4. The van der Waals surface area contributed by atoms with Gasteiger partial charge in [-0.3, -0.25) is 9.78 Å². The molecule has 0 radical (unpaired) electrons. The molecule has 0 atom stereocenters. The van der Waals surface area contributed by atoms with Gasteiger partial charge in [0, 0.05) is 59.0 Å². The van der Waals surface area contributed by atoms with Crippen molar-refractivity contribution < 1.29 is 18.0 Å². The number of hydrogen-bond donors (Lipinski definition) is 4. The summed E-state index contributed by atoms with van der Waals surface area (Å²) in [6.07, 6.45) is 1.12. The van der Waals surface area contributed by atoms with Gasteiger partial charge in [0.15, 0.2) is 0 Å². The lowest BCUT2D eigenvalue weighted by Crippen LogP contribution is -2.28. The van der Waals surface area contributed by atoms with Gasteiger partial charge in [-0.25, -0.2) is 0 Å². The lowest BCUT2D eigenvalue weighted by atomic mass is 10.1. The number of amides is 1. The molecule has 0 saturated heterocycles. The molecule has 0 aliphatic carbocycles. The van der Waals surface area contributed by atoms with Crippen molar-refractivity contribution in [1.82, 2.24) is 20.6 Å². The molecule has 3 rings (SSSR count). The van der Waals surface area contributed by atoms with Crippen molar-refractivity contribution in [3.8, 4) is 11.3 Å². The maximum atomic E-state index is 12.3. The standard InChI is InChI=1S/C20H18F3N5O/c21-20(22,23)12-25-10-13(9-24)11-28-19(29)15-3-1-14(2-4-15)18-16-5-7-26-17(16)6-8-27-18/h1-10,24-26H,11-12H2,(H,28,29)/b13-10+,24-9?. The predicted molar refractivity (Wildman–Crippen MR) is 105 cm³/mol. The molecular weight excluding hydrogens is 383 g/mol. The molecule has 2 aromatic heterocycles. The number of aromatic nitrogens is 2. The van der Waals surface area contributed by atoms with Gasteiger partial charge >= 0.3 is 6.18 Å². The van der Waals surface area contributed by atoms with Gasteiger partial charge < -0.3 is 21.0 Å². The van der Waals surface area contributed by atoms with Crippen molar-refractivity contribution in [2.75, 3.05) is 13.1 Å². The summed E-state index contributed by atoms with van der Waals surface area (Å²) >= 11 is 0. The smallest absolute Gasteiger partial charge is 0.382 e. The number of halogens is 3. The van der Waals surface area contributed by atoms with Crippen LogP contribution in [0.5, 0.6) is 0 Å². The summed E-state index contributed by atoms with van der Waals surface area (Å²) in [6.45, 7) is -1.28. The summed E-state index contributed by atoms with van der Waals surface area (Å²) in [4.78, 5) is 19.8. The Morgan fingerprint density at radius 1 is 1.17 bits per heavy atom.